The maximum atomic E-state index is 13.7. The van der Waals surface area contributed by atoms with E-state index in [0.29, 0.717) is 16.5 Å². The molecule has 28 heavy (non-hydrogen) atoms. The second-order valence-electron chi connectivity index (χ2n) is 6.22. The van der Waals surface area contributed by atoms with Crippen molar-refractivity contribution >= 4 is 23.5 Å². The Hall–Kier alpha value is -3.36. The Kier molecular flexibility index (Phi) is 5.08. The number of halogens is 3. The van der Waals surface area contributed by atoms with Gasteiger partial charge in [-0.1, -0.05) is 37.3 Å². The number of rotatable bonds is 5. The molecular formula is C19H16F3N3O3. The fourth-order valence-electron chi connectivity index (χ4n) is 3.09. The zero-order valence-electron chi connectivity index (χ0n) is 14.8. The molecule has 2 aromatic carbocycles. The number of nitrogens with one attached hydrogen (secondary N) is 2. The number of nitrogens with zero attached hydrogens (tertiary/aromatic N) is 1. The van der Waals surface area contributed by atoms with E-state index in [9.17, 15) is 27.6 Å². The highest BCUT2D eigenvalue weighted by Gasteiger charge is 2.51. The monoisotopic (exact) mass is 391 g/mol. The van der Waals surface area contributed by atoms with E-state index in [1.165, 1.54) is 0 Å². The molecule has 3 rings (SSSR count). The number of hydrogen-bond acceptors (Lipinski definition) is 3. The van der Waals surface area contributed by atoms with E-state index < -0.39 is 53.1 Å². The summed E-state index contributed by atoms with van der Waals surface area (Å²) in [6.45, 7) is 1.00. The fourth-order valence-corrected chi connectivity index (χ4v) is 3.09. The Morgan fingerprint density at radius 3 is 2.39 bits per heavy atom. The van der Waals surface area contributed by atoms with Crippen LogP contribution in [0.15, 0.2) is 42.5 Å². The maximum Gasteiger partial charge on any atom is 0.325 e. The van der Waals surface area contributed by atoms with Crippen molar-refractivity contribution in [3.8, 4) is 0 Å². The van der Waals surface area contributed by atoms with Crippen LogP contribution in [-0.4, -0.2) is 29.3 Å². The molecule has 0 spiro atoms. The van der Waals surface area contributed by atoms with Crippen molar-refractivity contribution in [3.63, 3.8) is 0 Å². The number of anilines is 1. The summed E-state index contributed by atoms with van der Waals surface area (Å²) in [6, 6.07) is 9.27. The van der Waals surface area contributed by atoms with Crippen LogP contribution in [0.1, 0.15) is 18.9 Å². The molecule has 0 radical (unpaired) electrons. The Bertz CT molecular complexity index is 952. The normalized spacial score (nSPS) is 18.9. The van der Waals surface area contributed by atoms with E-state index in [1.807, 2.05) is 5.32 Å². The Balaban J connectivity index is 1.79. The van der Waals surface area contributed by atoms with E-state index >= 15 is 0 Å². The Labute approximate surface area is 158 Å². The third-order valence-electron chi connectivity index (χ3n) is 4.58. The lowest BCUT2D eigenvalue weighted by atomic mass is 9.87. The van der Waals surface area contributed by atoms with Gasteiger partial charge in [-0.3, -0.25) is 14.5 Å². The quantitative estimate of drug-likeness (QED) is 0.608. The van der Waals surface area contributed by atoms with Gasteiger partial charge >= 0.3 is 6.03 Å². The number of carbonyl (C=O) groups is 3. The first-order valence-corrected chi connectivity index (χ1v) is 8.43. The topological polar surface area (TPSA) is 78.5 Å². The van der Waals surface area contributed by atoms with E-state index in [2.05, 4.69) is 5.32 Å². The van der Waals surface area contributed by atoms with E-state index in [-0.39, 0.29) is 6.42 Å². The number of hydrogen-bond donors (Lipinski definition) is 2. The van der Waals surface area contributed by atoms with Crippen molar-refractivity contribution in [3.05, 3.63) is 65.5 Å². The largest absolute Gasteiger partial charge is 0.325 e. The molecule has 1 fully saturated rings. The van der Waals surface area contributed by atoms with Crippen molar-refractivity contribution in [1.82, 2.24) is 10.2 Å². The van der Waals surface area contributed by atoms with Crippen LogP contribution >= 0.6 is 0 Å². The lowest BCUT2D eigenvalue weighted by Gasteiger charge is -2.25. The van der Waals surface area contributed by atoms with Gasteiger partial charge in [0.25, 0.3) is 5.91 Å². The summed E-state index contributed by atoms with van der Waals surface area (Å²) in [6.07, 6.45) is 0.248. The minimum Gasteiger partial charge on any atom is -0.322 e. The summed E-state index contributed by atoms with van der Waals surface area (Å²) in [5, 5.41) is 4.64. The molecule has 0 unspecified atom stereocenters. The minimum atomic E-state index is -1.73. The molecule has 0 aromatic heterocycles. The summed E-state index contributed by atoms with van der Waals surface area (Å²) < 4.78 is 40.0. The van der Waals surface area contributed by atoms with Crippen LogP contribution in [0.2, 0.25) is 0 Å². The van der Waals surface area contributed by atoms with Gasteiger partial charge in [0.1, 0.15) is 12.1 Å². The molecule has 2 N–H and O–H groups in total. The highest BCUT2D eigenvalue weighted by molar-refractivity contribution is 6.10. The first kappa shape index (κ1) is 19.4. The summed E-state index contributed by atoms with van der Waals surface area (Å²) in [7, 11) is 0. The van der Waals surface area contributed by atoms with Gasteiger partial charge in [-0.25, -0.2) is 18.0 Å². The SMILES string of the molecule is CC[C@@]1(c2ccccc2)NC(=O)N(CC(=O)Nc2ccc(F)c(F)c2F)C1=O. The Morgan fingerprint density at radius 1 is 1.07 bits per heavy atom. The molecular weight excluding hydrogens is 375 g/mol. The maximum absolute atomic E-state index is 13.7. The average Bonchev–Trinajstić information content (AvgIpc) is 2.94. The van der Waals surface area contributed by atoms with Crippen molar-refractivity contribution in [1.29, 1.82) is 0 Å². The lowest BCUT2D eigenvalue weighted by molar-refractivity contribution is -0.134. The van der Waals surface area contributed by atoms with Crippen molar-refractivity contribution in [2.45, 2.75) is 18.9 Å². The second-order valence-corrected chi connectivity index (χ2v) is 6.22. The van der Waals surface area contributed by atoms with E-state index in [0.717, 1.165) is 6.07 Å². The molecule has 1 saturated heterocycles. The van der Waals surface area contributed by atoms with Gasteiger partial charge in [0.15, 0.2) is 17.5 Å². The lowest BCUT2D eigenvalue weighted by Crippen LogP contribution is -2.44. The molecule has 0 saturated carbocycles. The van der Waals surface area contributed by atoms with Crippen LogP contribution < -0.4 is 10.6 Å². The van der Waals surface area contributed by atoms with Crippen LogP contribution in [0.4, 0.5) is 23.7 Å². The molecule has 6 nitrogen and oxygen atoms in total. The first-order chi connectivity index (χ1) is 13.3. The van der Waals surface area contributed by atoms with Crippen LogP contribution in [0.3, 0.4) is 0 Å². The van der Waals surface area contributed by atoms with Gasteiger partial charge in [0.2, 0.25) is 5.91 Å². The van der Waals surface area contributed by atoms with Gasteiger partial charge in [0, 0.05) is 0 Å². The molecule has 0 aliphatic carbocycles. The van der Waals surface area contributed by atoms with Crippen molar-refractivity contribution in [2.24, 2.45) is 0 Å². The van der Waals surface area contributed by atoms with E-state index in [1.54, 1.807) is 37.3 Å². The van der Waals surface area contributed by atoms with Crippen LogP contribution in [0.25, 0.3) is 0 Å². The van der Waals surface area contributed by atoms with Gasteiger partial charge in [-0.05, 0) is 24.1 Å². The Morgan fingerprint density at radius 2 is 1.75 bits per heavy atom. The molecule has 4 amide bonds. The van der Waals surface area contributed by atoms with Crippen LogP contribution in [0, 0.1) is 17.5 Å². The highest BCUT2D eigenvalue weighted by Crippen LogP contribution is 2.32. The van der Waals surface area contributed by atoms with Crippen LogP contribution in [-0.2, 0) is 15.1 Å². The van der Waals surface area contributed by atoms with Gasteiger partial charge in [-0.2, -0.15) is 0 Å². The van der Waals surface area contributed by atoms with Crippen LogP contribution in [0.5, 0.6) is 0 Å². The third kappa shape index (κ3) is 3.19. The molecule has 1 aliphatic heterocycles. The zero-order valence-corrected chi connectivity index (χ0v) is 14.8. The molecule has 1 aliphatic rings. The molecule has 0 bridgehead atoms. The summed E-state index contributed by atoms with van der Waals surface area (Å²) in [5.74, 6) is -6.28. The predicted octanol–water partition coefficient (Wildman–Crippen LogP) is 2.90. The zero-order chi connectivity index (χ0) is 20.5. The highest BCUT2D eigenvalue weighted by atomic mass is 19.2. The fraction of sp³-hybridized carbons (Fsp3) is 0.211. The summed E-state index contributed by atoms with van der Waals surface area (Å²) in [4.78, 5) is 38.1. The van der Waals surface area contributed by atoms with Gasteiger partial charge < -0.3 is 10.6 Å². The molecule has 1 heterocycles. The molecule has 2 aromatic rings. The smallest absolute Gasteiger partial charge is 0.322 e. The van der Waals surface area contributed by atoms with Crippen molar-refractivity contribution in [2.75, 3.05) is 11.9 Å². The first-order valence-electron chi connectivity index (χ1n) is 8.43. The molecule has 146 valence electrons. The second kappa shape index (κ2) is 7.34. The number of benzene rings is 2. The summed E-state index contributed by atoms with van der Waals surface area (Å²) in [5.41, 5.74) is -1.35. The molecule has 1 atom stereocenters. The number of urea groups is 1. The summed E-state index contributed by atoms with van der Waals surface area (Å²) >= 11 is 0. The van der Waals surface area contributed by atoms with Gasteiger partial charge in [0.05, 0.1) is 5.69 Å². The number of imide groups is 1. The molecule has 9 heteroatoms. The standard InChI is InChI=1S/C19H16F3N3O3/c1-2-19(11-6-4-3-5-7-11)17(27)25(18(28)24-19)10-14(26)23-13-9-8-12(20)15(21)16(13)22/h3-9H,2,10H2,1H3,(H,23,26)(H,24,28)/t19-/m0/s1. The van der Waals surface area contributed by atoms with Crippen molar-refractivity contribution < 1.29 is 27.6 Å². The average molecular weight is 391 g/mol. The number of amides is 4. The third-order valence-corrected chi connectivity index (χ3v) is 4.58. The number of carbonyl (C=O) groups excluding carboxylic acids is 3. The minimum absolute atomic E-state index is 0.248. The predicted molar refractivity (Wildman–Crippen MR) is 93.6 cm³/mol. The van der Waals surface area contributed by atoms with E-state index in [4.69, 9.17) is 0 Å². The van der Waals surface area contributed by atoms with Gasteiger partial charge in [-0.15, -0.1) is 0 Å².